The molecule has 0 aromatic heterocycles. The third kappa shape index (κ3) is 3.59. The Morgan fingerprint density at radius 1 is 1.12 bits per heavy atom. The number of ether oxygens (including phenoxy) is 1. The van der Waals surface area contributed by atoms with Gasteiger partial charge in [0.1, 0.15) is 5.82 Å². The molecular formula is C18H23FN2O3. The second-order valence-electron chi connectivity index (χ2n) is 6.41. The van der Waals surface area contributed by atoms with Crippen LogP contribution in [0.5, 0.6) is 0 Å². The van der Waals surface area contributed by atoms with E-state index in [0.29, 0.717) is 63.5 Å². The summed E-state index contributed by atoms with van der Waals surface area (Å²) in [7, 11) is 0. The van der Waals surface area contributed by atoms with E-state index in [1.807, 2.05) is 4.90 Å². The summed E-state index contributed by atoms with van der Waals surface area (Å²) in [4.78, 5) is 28.2. The summed E-state index contributed by atoms with van der Waals surface area (Å²) >= 11 is 0. The molecule has 2 heterocycles. The summed E-state index contributed by atoms with van der Waals surface area (Å²) in [5, 5.41) is 0. The number of halogens is 1. The van der Waals surface area contributed by atoms with Crippen molar-refractivity contribution >= 4 is 17.4 Å². The second-order valence-corrected chi connectivity index (χ2v) is 6.41. The summed E-state index contributed by atoms with van der Waals surface area (Å²) < 4.78 is 19.1. The van der Waals surface area contributed by atoms with Crippen LogP contribution >= 0.6 is 0 Å². The van der Waals surface area contributed by atoms with E-state index in [2.05, 4.69) is 0 Å². The molecule has 130 valence electrons. The fraction of sp³-hybridized carbons (Fsp3) is 0.556. The molecule has 2 aliphatic heterocycles. The molecule has 1 amide bonds. The Kier molecular flexibility index (Phi) is 5.14. The van der Waals surface area contributed by atoms with Crippen LogP contribution in [0.2, 0.25) is 0 Å². The van der Waals surface area contributed by atoms with Crippen LogP contribution in [0.25, 0.3) is 0 Å². The zero-order chi connectivity index (χ0) is 17.1. The molecule has 0 bridgehead atoms. The molecule has 2 fully saturated rings. The average Bonchev–Trinajstić information content (AvgIpc) is 2.62. The first-order chi connectivity index (χ1) is 11.6. The summed E-state index contributed by atoms with van der Waals surface area (Å²) in [6, 6.07) is 4.39. The predicted molar refractivity (Wildman–Crippen MR) is 88.7 cm³/mol. The first-order valence-corrected chi connectivity index (χ1v) is 8.48. The SMILES string of the molecule is CC(=O)N1CCC(C(=O)c2ccc(F)cc2N2CCOCC2)CC1. The van der Waals surface area contributed by atoms with Gasteiger partial charge in [-0.15, -0.1) is 0 Å². The minimum absolute atomic E-state index is 0.0525. The Bertz CT molecular complexity index is 621. The van der Waals surface area contributed by atoms with E-state index in [-0.39, 0.29) is 23.4 Å². The van der Waals surface area contributed by atoms with Crippen LogP contribution in [0.1, 0.15) is 30.1 Å². The van der Waals surface area contributed by atoms with Gasteiger partial charge >= 0.3 is 0 Å². The van der Waals surface area contributed by atoms with Crippen molar-refractivity contribution in [2.45, 2.75) is 19.8 Å². The lowest BCUT2D eigenvalue weighted by Crippen LogP contribution is -2.40. The van der Waals surface area contributed by atoms with E-state index in [4.69, 9.17) is 4.74 Å². The van der Waals surface area contributed by atoms with Gasteiger partial charge in [0.2, 0.25) is 5.91 Å². The monoisotopic (exact) mass is 334 g/mol. The van der Waals surface area contributed by atoms with Crippen molar-refractivity contribution in [1.82, 2.24) is 4.90 Å². The number of carbonyl (C=O) groups excluding carboxylic acids is 2. The molecule has 1 aromatic rings. The minimum atomic E-state index is -0.334. The van der Waals surface area contributed by atoms with E-state index >= 15 is 0 Å². The molecule has 0 radical (unpaired) electrons. The number of hydrogen-bond acceptors (Lipinski definition) is 4. The summed E-state index contributed by atoms with van der Waals surface area (Å²) in [5.74, 6) is -0.332. The molecule has 3 rings (SSSR count). The topological polar surface area (TPSA) is 49.9 Å². The van der Waals surface area contributed by atoms with Crippen LogP contribution in [0.4, 0.5) is 10.1 Å². The number of hydrogen-bond donors (Lipinski definition) is 0. The number of morpholine rings is 1. The normalized spacial score (nSPS) is 19.4. The molecule has 0 spiro atoms. The van der Waals surface area contributed by atoms with Gasteiger partial charge in [-0.25, -0.2) is 4.39 Å². The van der Waals surface area contributed by atoms with E-state index in [1.165, 1.54) is 12.1 Å². The van der Waals surface area contributed by atoms with Crippen LogP contribution in [0, 0.1) is 11.7 Å². The lowest BCUT2D eigenvalue weighted by molar-refractivity contribution is -0.130. The maximum Gasteiger partial charge on any atom is 0.219 e. The van der Waals surface area contributed by atoms with Crippen molar-refractivity contribution in [2.75, 3.05) is 44.3 Å². The predicted octanol–water partition coefficient (Wildman–Crippen LogP) is 2.10. The van der Waals surface area contributed by atoms with Crippen LogP contribution in [-0.4, -0.2) is 56.0 Å². The molecule has 0 unspecified atom stereocenters. The highest BCUT2D eigenvalue weighted by Gasteiger charge is 2.29. The van der Waals surface area contributed by atoms with E-state index < -0.39 is 0 Å². The fourth-order valence-electron chi connectivity index (χ4n) is 3.46. The number of amides is 1. The van der Waals surface area contributed by atoms with Gasteiger partial charge in [0, 0.05) is 44.6 Å². The Balaban J connectivity index is 1.78. The van der Waals surface area contributed by atoms with Gasteiger partial charge in [-0.05, 0) is 31.0 Å². The van der Waals surface area contributed by atoms with Gasteiger partial charge in [-0.1, -0.05) is 0 Å². The maximum absolute atomic E-state index is 13.7. The van der Waals surface area contributed by atoms with E-state index in [1.54, 1.807) is 17.9 Å². The Morgan fingerprint density at radius 3 is 2.42 bits per heavy atom. The number of piperidine rings is 1. The van der Waals surface area contributed by atoms with Gasteiger partial charge in [-0.3, -0.25) is 9.59 Å². The summed E-state index contributed by atoms with van der Waals surface area (Å²) in [6.07, 6.45) is 1.33. The third-order valence-electron chi connectivity index (χ3n) is 4.89. The van der Waals surface area contributed by atoms with Gasteiger partial charge in [0.15, 0.2) is 5.78 Å². The van der Waals surface area contributed by atoms with Gasteiger partial charge in [0.25, 0.3) is 0 Å². The molecule has 1 aromatic carbocycles. The molecule has 0 saturated carbocycles. The van der Waals surface area contributed by atoms with Crippen LogP contribution in [0.15, 0.2) is 18.2 Å². The zero-order valence-corrected chi connectivity index (χ0v) is 14.0. The van der Waals surface area contributed by atoms with Crippen molar-refractivity contribution < 1.29 is 18.7 Å². The molecule has 5 nitrogen and oxygen atoms in total. The molecule has 0 atom stereocenters. The largest absolute Gasteiger partial charge is 0.378 e. The maximum atomic E-state index is 13.7. The number of nitrogens with zero attached hydrogens (tertiary/aromatic N) is 2. The Hall–Kier alpha value is -1.95. The first kappa shape index (κ1) is 16.9. The second kappa shape index (κ2) is 7.30. The fourth-order valence-corrected chi connectivity index (χ4v) is 3.46. The van der Waals surface area contributed by atoms with Crippen LogP contribution in [-0.2, 0) is 9.53 Å². The molecule has 2 saturated heterocycles. The first-order valence-electron chi connectivity index (χ1n) is 8.48. The van der Waals surface area contributed by atoms with Crippen molar-refractivity contribution in [1.29, 1.82) is 0 Å². The highest BCUT2D eigenvalue weighted by atomic mass is 19.1. The smallest absolute Gasteiger partial charge is 0.219 e. The summed E-state index contributed by atoms with van der Waals surface area (Å²) in [6.45, 7) is 5.26. The van der Waals surface area contributed by atoms with E-state index in [9.17, 15) is 14.0 Å². The molecular weight excluding hydrogens is 311 g/mol. The molecule has 6 heteroatoms. The number of anilines is 1. The highest BCUT2D eigenvalue weighted by Crippen LogP contribution is 2.29. The van der Waals surface area contributed by atoms with Crippen LogP contribution in [0.3, 0.4) is 0 Å². The van der Waals surface area contributed by atoms with Gasteiger partial charge in [0.05, 0.1) is 18.9 Å². The molecule has 24 heavy (non-hydrogen) atoms. The zero-order valence-electron chi connectivity index (χ0n) is 14.0. The van der Waals surface area contributed by atoms with Crippen molar-refractivity contribution in [3.8, 4) is 0 Å². The van der Waals surface area contributed by atoms with Gasteiger partial charge in [-0.2, -0.15) is 0 Å². The van der Waals surface area contributed by atoms with Gasteiger partial charge < -0.3 is 14.5 Å². The van der Waals surface area contributed by atoms with Crippen LogP contribution < -0.4 is 4.90 Å². The number of rotatable bonds is 3. The quantitative estimate of drug-likeness (QED) is 0.795. The van der Waals surface area contributed by atoms with Crippen molar-refractivity contribution in [3.05, 3.63) is 29.6 Å². The Labute approximate surface area is 141 Å². The van der Waals surface area contributed by atoms with Crippen molar-refractivity contribution in [3.63, 3.8) is 0 Å². The highest BCUT2D eigenvalue weighted by molar-refractivity contribution is 6.03. The lowest BCUT2D eigenvalue weighted by atomic mass is 9.88. The Morgan fingerprint density at radius 2 is 1.79 bits per heavy atom. The molecule has 0 aliphatic carbocycles. The molecule has 0 N–H and O–H groups in total. The number of benzene rings is 1. The third-order valence-corrected chi connectivity index (χ3v) is 4.89. The summed E-state index contributed by atoms with van der Waals surface area (Å²) in [5.41, 5.74) is 1.25. The number of carbonyl (C=O) groups is 2. The molecule has 2 aliphatic rings. The van der Waals surface area contributed by atoms with E-state index in [0.717, 1.165) is 0 Å². The standard InChI is InChI=1S/C18H23FN2O3/c1-13(22)20-6-4-14(5-7-20)18(23)16-3-2-15(19)12-17(16)21-8-10-24-11-9-21/h2-3,12,14H,4-11H2,1H3. The number of ketones is 1. The average molecular weight is 334 g/mol. The van der Waals surface area contributed by atoms with Crippen molar-refractivity contribution in [2.24, 2.45) is 5.92 Å². The minimum Gasteiger partial charge on any atom is -0.378 e. The number of Topliss-reactive ketones (excluding diaryl/α,β-unsaturated/α-hetero) is 1. The lowest BCUT2D eigenvalue weighted by Gasteiger charge is -2.33. The number of likely N-dealkylation sites (tertiary alicyclic amines) is 1.